The fourth-order valence-corrected chi connectivity index (χ4v) is 4.36. The lowest BCUT2D eigenvalue weighted by molar-refractivity contribution is -0.119. The van der Waals surface area contributed by atoms with Crippen molar-refractivity contribution in [2.75, 3.05) is 10.6 Å². The van der Waals surface area contributed by atoms with Crippen molar-refractivity contribution >= 4 is 55.2 Å². The average molecular weight is 606 g/mol. The van der Waals surface area contributed by atoms with E-state index in [1.54, 1.807) is 20.8 Å². The number of anilines is 2. The summed E-state index contributed by atoms with van der Waals surface area (Å²) in [5, 5.41) is 5.29. The monoisotopic (exact) mass is 604 g/mol. The Labute approximate surface area is 221 Å². The van der Waals surface area contributed by atoms with Gasteiger partial charge in [-0.3, -0.25) is 10.1 Å². The quantitative estimate of drug-likeness (QED) is 0.289. The number of carbonyl (C=O) groups excluding carboxylic acids is 2. The fraction of sp³-hybridized carbons (Fsp3) is 0.259. The highest BCUT2D eigenvalue weighted by Crippen LogP contribution is 2.27. The second-order valence-electron chi connectivity index (χ2n) is 9.10. The number of ether oxygens (including phenoxy) is 1. The van der Waals surface area contributed by atoms with Crippen molar-refractivity contribution in [2.45, 2.75) is 39.2 Å². The number of halogens is 3. The Balaban J connectivity index is 1.83. The van der Waals surface area contributed by atoms with Crippen molar-refractivity contribution < 1.29 is 18.7 Å². The third-order valence-electron chi connectivity index (χ3n) is 5.09. The van der Waals surface area contributed by atoms with Crippen molar-refractivity contribution in [3.8, 4) is 0 Å². The zero-order valence-corrected chi connectivity index (χ0v) is 22.9. The minimum atomic E-state index is -0.675. The maximum Gasteiger partial charge on any atom is 0.412 e. The zero-order chi connectivity index (χ0) is 25.6. The summed E-state index contributed by atoms with van der Waals surface area (Å²) in [6, 6.07) is 19.4. The van der Waals surface area contributed by atoms with E-state index in [4.69, 9.17) is 4.74 Å². The molecule has 35 heavy (non-hydrogen) atoms. The van der Waals surface area contributed by atoms with Crippen LogP contribution in [0.4, 0.5) is 20.6 Å². The number of rotatable bonds is 7. The average Bonchev–Trinajstić information content (AvgIpc) is 2.77. The van der Waals surface area contributed by atoms with Crippen molar-refractivity contribution in [1.29, 1.82) is 0 Å². The van der Waals surface area contributed by atoms with E-state index in [0.29, 0.717) is 18.5 Å². The molecular weight excluding hydrogens is 579 g/mol. The van der Waals surface area contributed by atoms with Crippen LogP contribution in [-0.2, 0) is 22.4 Å². The SMILES string of the molecule is CC(C)(C)OC(=O)Nc1ccc(F)c(NC(=O)C(Cc2ccccc2Br)Cc2ccccc2Br)c1. The highest BCUT2D eigenvalue weighted by atomic mass is 79.9. The minimum Gasteiger partial charge on any atom is -0.444 e. The van der Waals surface area contributed by atoms with E-state index < -0.39 is 23.4 Å². The van der Waals surface area contributed by atoms with Crippen LogP contribution in [0.2, 0.25) is 0 Å². The normalized spacial score (nSPS) is 11.3. The van der Waals surface area contributed by atoms with Crippen molar-refractivity contribution in [3.63, 3.8) is 0 Å². The third-order valence-corrected chi connectivity index (χ3v) is 6.64. The van der Waals surface area contributed by atoms with Gasteiger partial charge in [-0.25, -0.2) is 9.18 Å². The number of amides is 2. The summed E-state index contributed by atoms with van der Waals surface area (Å²) in [6.07, 6.45) is 0.236. The molecule has 0 unspecified atom stereocenters. The Hall–Kier alpha value is -2.71. The Morgan fingerprint density at radius 1 is 0.886 bits per heavy atom. The first-order valence-electron chi connectivity index (χ1n) is 11.1. The molecular formula is C27H27Br2FN2O3. The molecule has 0 aliphatic rings. The predicted molar refractivity (Wildman–Crippen MR) is 144 cm³/mol. The lowest BCUT2D eigenvalue weighted by Gasteiger charge is -2.20. The molecule has 0 saturated heterocycles. The van der Waals surface area contributed by atoms with Crippen LogP contribution in [0.15, 0.2) is 75.7 Å². The summed E-state index contributed by atoms with van der Waals surface area (Å²) < 4.78 is 21.7. The van der Waals surface area contributed by atoms with Gasteiger partial charge in [-0.05, 0) is 75.1 Å². The van der Waals surface area contributed by atoms with Crippen LogP contribution in [0.25, 0.3) is 0 Å². The molecule has 0 atom stereocenters. The van der Waals surface area contributed by atoms with Gasteiger partial charge < -0.3 is 10.1 Å². The van der Waals surface area contributed by atoms with Gasteiger partial charge in [0, 0.05) is 20.6 Å². The summed E-state index contributed by atoms with van der Waals surface area (Å²) in [5.74, 6) is -1.41. The van der Waals surface area contributed by atoms with Crippen LogP contribution < -0.4 is 10.6 Å². The van der Waals surface area contributed by atoms with Gasteiger partial charge in [0.25, 0.3) is 0 Å². The van der Waals surface area contributed by atoms with Gasteiger partial charge in [0.2, 0.25) is 5.91 Å². The molecule has 2 N–H and O–H groups in total. The molecule has 0 aliphatic heterocycles. The van der Waals surface area contributed by atoms with Gasteiger partial charge in [0.1, 0.15) is 11.4 Å². The first kappa shape index (κ1) is 26.9. The first-order valence-corrected chi connectivity index (χ1v) is 12.7. The Kier molecular flexibility index (Phi) is 9.08. The highest BCUT2D eigenvalue weighted by Gasteiger charge is 2.23. The van der Waals surface area contributed by atoms with Crippen LogP contribution in [0.5, 0.6) is 0 Å². The van der Waals surface area contributed by atoms with E-state index in [1.807, 2.05) is 48.5 Å². The van der Waals surface area contributed by atoms with Crippen LogP contribution in [0, 0.1) is 11.7 Å². The van der Waals surface area contributed by atoms with Gasteiger partial charge in [-0.2, -0.15) is 0 Å². The van der Waals surface area contributed by atoms with E-state index in [0.717, 1.165) is 20.1 Å². The Morgan fingerprint density at radius 2 is 1.43 bits per heavy atom. The summed E-state index contributed by atoms with van der Waals surface area (Å²) in [4.78, 5) is 25.5. The molecule has 3 aromatic rings. The van der Waals surface area contributed by atoms with Crippen molar-refractivity contribution in [3.05, 3.63) is 92.6 Å². The number of carbonyl (C=O) groups is 2. The van der Waals surface area contributed by atoms with E-state index >= 15 is 0 Å². The molecule has 5 nitrogen and oxygen atoms in total. The molecule has 0 aliphatic carbocycles. The zero-order valence-electron chi connectivity index (χ0n) is 19.7. The molecule has 0 radical (unpaired) electrons. The van der Waals surface area contributed by atoms with Crippen LogP contribution in [0.3, 0.4) is 0 Å². The molecule has 3 rings (SSSR count). The molecule has 2 amide bonds. The number of benzene rings is 3. The van der Waals surface area contributed by atoms with Gasteiger partial charge >= 0.3 is 6.09 Å². The van der Waals surface area contributed by atoms with Gasteiger partial charge in [-0.15, -0.1) is 0 Å². The summed E-state index contributed by atoms with van der Waals surface area (Å²) >= 11 is 7.10. The molecule has 0 aromatic heterocycles. The predicted octanol–water partition coefficient (Wildman–Crippen LogP) is 7.74. The summed E-state index contributed by atoms with van der Waals surface area (Å²) in [7, 11) is 0. The standard InChI is InChI=1S/C27H27Br2FN2O3/c1-27(2,3)35-26(34)31-20-12-13-23(30)24(16-20)32-25(33)19(14-17-8-4-6-10-21(17)28)15-18-9-5-7-11-22(18)29/h4-13,16,19H,14-15H2,1-3H3,(H,31,34)(H,32,33). The molecule has 8 heteroatoms. The molecule has 3 aromatic carbocycles. The van der Waals surface area contributed by atoms with E-state index in [1.165, 1.54) is 18.2 Å². The molecule has 0 fully saturated rings. The van der Waals surface area contributed by atoms with E-state index in [9.17, 15) is 14.0 Å². The Morgan fingerprint density at radius 3 is 1.94 bits per heavy atom. The maximum atomic E-state index is 14.6. The molecule has 184 valence electrons. The molecule has 0 spiro atoms. The van der Waals surface area contributed by atoms with Crippen molar-refractivity contribution in [2.24, 2.45) is 5.92 Å². The third kappa shape index (κ3) is 8.18. The number of nitrogens with one attached hydrogen (secondary N) is 2. The van der Waals surface area contributed by atoms with E-state index in [-0.39, 0.29) is 11.6 Å². The second kappa shape index (κ2) is 11.8. The number of hydrogen-bond acceptors (Lipinski definition) is 3. The fourth-order valence-electron chi connectivity index (χ4n) is 3.47. The largest absolute Gasteiger partial charge is 0.444 e. The van der Waals surface area contributed by atoms with Crippen molar-refractivity contribution in [1.82, 2.24) is 0 Å². The number of hydrogen-bond donors (Lipinski definition) is 2. The summed E-state index contributed by atoms with van der Waals surface area (Å²) in [5.41, 5.74) is 1.56. The van der Waals surface area contributed by atoms with Crippen LogP contribution >= 0.6 is 31.9 Å². The summed E-state index contributed by atoms with van der Waals surface area (Å²) in [6.45, 7) is 5.25. The maximum absolute atomic E-state index is 14.6. The first-order chi connectivity index (χ1) is 16.5. The minimum absolute atomic E-state index is 0.0205. The van der Waals surface area contributed by atoms with Gasteiger partial charge in [0.05, 0.1) is 5.69 Å². The smallest absolute Gasteiger partial charge is 0.412 e. The molecule has 0 heterocycles. The topological polar surface area (TPSA) is 67.4 Å². The second-order valence-corrected chi connectivity index (χ2v) is 10.8. The Bertz CT molecular complexity index is 1160. The van der Waals surface area contributed by atoms with Gasteiger partial charge in [-0.1, -0.05) is 68.3 Å². The molecule has 0 bridgehead atoms. The highest BCUT2D eigenvalue weighted by molar-refractivity contribution is 9.10. The van der Waals surface area contributed by atoms with Crippen LogP contribution in [0.1, 0.15) is 31.9 Å². The van der Waals surface area contributed by atoms with Gasteiger partial charge in [0.15, 0.2) is 0 Å². The lowest BCUT2D eigenvalue weighted by atomic mass is 9.91. The lowest BCUT2D eigenvalue weighted by Crippen LogP contribution is -2.28. The van der Waals surface area contributed by atoms with E-state index in [2.05, 4.69) is 42.5 Å². The van der Waals surface area contributed by atoms with Crippen LogP contribution in [-0.4, -0.2) is 17.6 Å². The molecule has 0 saturated carbocycles.